The number of nitrogens with one attached hydrogen (secondary N) is 1. The van der Waals surface area contributed by atoms with Crippen LogP contribution in [0.25, 0.3) is 0 Å². The second-order valence-electron chi connectivity index (χ2n) is 4.79. The van der Waals surface area contributed by atoms with Crippen LogP contribution in [0.2, 0.25) is 0 Å². The number of pyridine rings is 1. The number of carbonyl (C=O) groups is 1. The van der Waals surface area contributed by atoms with Crippen molar-refractivity contribution in [2.75, 3.05) is 32.1 Å². The quantitative estimate of drug-likeness (QED) is 0.879. The van der Waals surface area contributed by atoms with Crippen LogP contribution in [-0.2, 0) is 4.74 Å². The summed E-state index contributed by atoms with van der Waals surface area (Å²) < 4.78 is 5.31. The fraction of sp³-hybridized carbons (Fsp3) is 0.571. The molecular weight excluding hydrogens is 242 g/mol. The molecule has 1 saturated heterocycles. The highest BCUT2D eigenvalue weighted by Crippen LogP contribution is 2.15. The van der Waals surface area contributed by atoms with Crippen LogP contribution in [-0.4, -0.2) is 48.6 Å². The van der Waals surface area contributed by atoms with Crippen molar-refractivity contribution < 1.29 is 9.53 Å². The molecule has 1 aliphatic rings. The zero-order valence-corrected chi connectivity index (χ0v) is 11.6. The Balaban J connectivity index is 2.05. The van der Waals surface area contributed by atoms with E-state index in [1.165, 1.54) is 0 Å². The van der Waals surface area contributed by atoms with Crippen LogP contribution < -0.4 is 5.32 Å². The highest BCUT2D eigenvalue weighted by Gasteiger charge is 2.25. The molecule has 0 bridgehead atoms. The molecule has 2 heterocycles. The Bertz CT molecular complexity index is 430. The van der Waals surface area contributed by atoms with Crippen LogP contribution in [0.1, 0.15) is 30.3 Å². The van der Waals surface area contributed by atoms with Crippen molar-refractivity contribution in [3.8, 4) is 0 Å². The van der Waals surface area contributed by atoms with Crippen LogP contribution in [0.3, 0.4) is 0 Å². The Morgan fingerprint density at radius 2 is 2.47 bits per heavy atom. The summed E-state index contributed by atoms with van der Waals surface area (Å²) in [5, 5.41) is 3.26. The number of aromatic nitrogens is 1. The van der Waals surface area contributed by atoms with Crippen molar-refractivity contribution in [3.63, 3.8) is 0 Å². The van der Waals surface area contributed by atoms with Gasteiger partial charge in [-0.3, -0.25) is 9.78 Å². The van der Waals surface area contributed by atoms with E-state index in [1.807, 2.05) is 19.2 Å². The van der Waals surface area contributed by atoms with Crippen molar-refractivity contribution in [2.45, 2.75) is 25.8 Å². The zero-order valence-electron chi connectivity index (χ0n) is 11.6. The lowest BCUT2D eigenvalue weighted by Gasteiger charge is -2.22. The molecule has 1 amide bonds. The number of anilines is 1. The first-order valence-electron chi connectivity index (χ1n) is 6.77. The van der Waals surface area contributed by atoms with E-state index in [1.54, 1.807) is 11.1 Å². The number of carbonyl (C=O) groups excluding carboxylic acids is 1. The average molecular weight is 263 g/mol. The van der Waals surface area contributed by atoms with Gasteiger partial charge in [0.05, 0.1) is 12.6 Å². The van der Waals surface area contributed by atoms with Gasteiger partial charge in [-0.25, -0.2) is 0 Å². The Labute approximate surface area is 114 Å². The molecule has 1 N–H and O–H groups in total. The van der Waals surface area contributed by atoms with Gasteiger partial charge in [0.25, 0.3) is 5.91 Å². The van der Waals surface area contributed by atoms with E-state index in [0.717, 1.165) is 31.7 Å². The van der Waals surface area contributed by atoms with Gasteiger partial charge in [0.2, 0.25) is 0 Å². The number of nitrogens with zero attached hydrogens (tertiary/aromatic N) is 2. The minimum atomic E-state index is -0.0457. The number of hydrogen-bond donors (Lipinski definition) is 1. The van der Waals surface area contributed by atoms with Crippen molar-refractivity contribution in [3.05, 3.63) is 24.0 Å². The van der Waals surface area contributed by atoms with Gasteiger partial charge in [-0.2, -0.15) is 0 Å². The van der Waals surface area contributed by atoms with E-state index in [0.29, 0.717) is 12.3 Å². The van der Waals surface area contributed by atoms with E-state index in [-0.39, 0.29) is 11.9 Å². The first-order chi connectivity index (χ1) is 9.22. The van der Waals surface area contributed by atoms with Crippen LogP contribution in [0.15, 0.2) is 18.3 Å². The van der Waals surface area contributed by atoms with Crippen LogP contribution >= 0.6 is 0 Å². The standard InChI is InChI=1S/C14H21N3O2/c1-3-6-15-11-4-7-16-13(9-11)14(18)17(2)12-5-8-19-10-12/h4,7,9,12H,3,5-6,8,10H2,1-2H3,(H,15,16). The molecule has 5 heteroatoms. The average Bonchev–Trinajstić information content (AvgIpc) is 2.98. The summed E-state index contributed by atoms with van der Waals surface area (Å²) in [6.45, 7) is 4.35. The molecular formula is C14H21N3O2. The monoisotopic (exact) mass is 263 g/mol. The molecule has 1 unspecified atom stereocenters. The summed E-state index contributed by atoms with van der Waals surface area (Å²) in [5.41, 5.74) is 1.42. The molecule has 1 aromatic rings. The molecule has 0 spiro atoms. The molecule has 2 rings (SSSR count). The van der Waals surface area contributed by atoms with Gasteiger partial charge in [0.1, 0.15) is 5.69 Å². The lowest BCUT2D eigenvalue weighted by Crippen LogP contribution is -2.37. The zero-order chi connectivity index (χ0) is 13.7. The number of hydrogen-bond acceptors (Lipinski definition) is 4. The van der Waals surface area contributed by atoms with Gasteiger partial charge in [0.15, 0.2) is 0 Å². The fourth-order valence-corrected chi connectivity index (χ4v) is 2.10. The third-order valence-electron chi connectivity index (χ3n) is 3.33. The maximum Gasteiger partial charge on any atom is 0.272 e. The molecule has 1 atom stereocenters. The number of rotatable bonds is 5. The molecule has 5 nitrogen and oxygen atoms in total. The number of amides is 1. The first-order valence-corrected chi connectivity index (χ1v) is 6.77. The summed E-state index contributed by atoms with van der Waals surface area (Å²) in [5.74, 6) is -0.0457. The topological polar surface area (TPSA) is 54.5 Å². The van der Waals surface area contributed by atoms with E-state index in [2.05, 4.69) is 17.2 Å². The van der Waals surface area contributed by atoms with Gasteiger partial charge in [-0.05, 0) is 25.0 Å². The van der Waals surface area contributed by atoms with Gasteiger partial charge in [0, 0.05) is 32.1 Å². The second kappa shape index (κ2) is 6.52. The van der Waals surface area contributed by atoms with Crippen molar-refractivity contribution in [1.82, 2.24) is 9.88 Å². The maximum absolute atomic E-state index is 12.3. The SMILES string of the molecule is CCCNc1ccnc(C(=O)N(C)C2CCOC2)c1. The van der Waals surface area contributed by atoms with Crippen molar-refractivity contribution >= 4 is 11.6 Å². The van der Waals surface area contributed by atoms with Gasteiger partial charge in [-0.1, -0.05) is 6.92 Å². The molecule has 0 radical (unpaired) electrons. The highest BCUT2D eigenvalue weighted by atomic mass is 16.5. The molecule has 0 saturated carbocycles. The summed E-state index contributed by atoms with van der Waals surface area (Å²) >= 11 is 0. The predicted octanol–water partition coefficient (Wildman–Crippen LogP) is 1.76. The van der Waals surface area contributed by atoms with Crippen molar-refractivity contribution in [1.29, 1.82) is 0 Å². The van der Waals surface area contributed by atoms with Gasteiger partial charge < -0.3 is 15.0 Å². The minimum Gasteiger partial charge on any atom is -0.385 e. The maximum atomic E-state index is 12.3. The molecule has 19 heavy (non-hydrogen) atoms. The smallest absolute Gasteiger partial charge is 0.272 e. The van der Waals surface area contributed by atoms with E-state index in [4.69, 9.17) is 4.74 Å². The number of ether oxygens (including phenoxy) is 1. The summed E-state index contributed by atoms with van der Waals surface area (Å²) in [6, 6.07) is 3.86. The molecule has 104 valence electrons. The van der Waals surface area contributed by atoms with Crippen LogP contribution in [0.5, 0.6) is 0 Å². The lowest BCUT2D eigenvalue weighted by molar-refractivity contribution is 0.0705. The van der Waals surface area contributed by atoms with Crippen LogP contribution in [0, 0.1) is 0 Å². The highest BCUT2D eigenvalue weighted by molar-refractivity contribution is 5.93. The third-order valence-corrected chi connectivity index (χ3v) is 3.33. The number of likely N-dealkylation sites (N-methyl/N-ethyl adjacent to an activating group) is 1. The molecule has 1 aliphatic heterocycles. The summed E-state index contributed by atoms with van der Waals surface area (Å²) in [6.07, 6.45) is 3.62. The summed E-state index contributed by atoms with van der Waals surface area (Å²) in [7, 11) is 1.81. The van der Waals surface area contributed by atoms with Gasteiger partial charge >= 0.3 is 0 Å². The Hall–Kier alpha value is -1.62. The van der Waals surface area contributed by atoms with Crippen molar-refractivity contribution in [2.24, 2.45) is 0 Å². The Morgan fingerprint density at radius 1 is 1.63 bits per heavy atom. The first kappa shape index (κ1) is 13.8. The normalized spacial score (nSPS) is 18.3. The molecule has 0 aromatic carbocycles. The minimum absolute atomic E-state index is 0.0457. The predicted molar refractivity (Wildman–Crippen MR) is 74.3 cm³/mol. The molecule has 1 aromatic heterocycles. The van der Waals surface area contributed by atoms with Crippen LogP contribution in [0.4, 0.5) is 5.69 Å². The second-order valence-corrected chi connectivity index (χ2v) is 4.79. The molecule has 0 aliphatic carbocycles. The third kappa shape index (κ3) is 3.44. The van der Waals surface area contributed by atoms with E-state index < -0.39 is 0 Å². The Morgan fingerprint density at radius 3 is 3.16 bits per heavy atom. The van der Waals surface area contributed by atoms with E-state index >= 15 is 0 Å². The lowest BCUT2D eigenvalue weighted by atomic mass is 10.2. The molecule has 1 fully saturated rings. The van der Waals surface area contributed by atoms with E-state index in [9.17, 15) is 4.79 Å². The summed E-state index contributed by atoms with van der Waals surface area (Å²) in [4.78, 5) is 18.2. The Kier molecular flexibility index (Phi) is 4.74. The van der Waals surface area contributed by atoms with Gasteiger partial charge in [-0.15, -0.1) is 0 Å². The largest absolute Gasteiger partial charge is 0.385 e. The fourth-order valence-electron chi connectivity index (χ4n) is 2.10.